The Balaban J connectivity index is 3.12. The molecule has 9 heteroatoms. The van der Waals surface area contributed by atoms with E-state index in [0.29, 0.717) is 0 Å². The second-order valence-electron chi connectivity index (χ2n) is 2.58. The number of methoxy groups -OCH3 is 1. The Morgan fingerprint density at radius 2 is 2.20 bits per heavy atom. The monoisotopic (exact) mass is 235 g/mol. The van der Waals surface area contributed by atoms with Crippen molar-refractivity contribution in [1.82, 2.24) is 9.78 Å². The Morgan fingerprint density at radius 1 is 1.60 bits per heavy atom. The van der Waals surface area contributed by atoms with Crippen molar-refractivity contribution < 1.29 is 22.1 Å². The van der Waals surface area contributed by atoms with Gasteiger partial charge in [-0.2, -0.15) is 18.7 Å². The summed E-state index contributed by atoms with van der Waals surface area (Å²) in [6, 6.07) is 0. The van der Waals surface area contributed by atoms with Gasteiger partial charge >= 0.3 is 16.3 Å². The molecule has 0 unspecified atom stereocenters. The van der Waals surface area contributed by atoms with Crippen LogP contribution in [0.25, 0.3) is 0 Å². The normalized spacial score (nSPS) is 11.1. The first kappa shape index (κ1) is 11.5. The number of aryl methyl sites for hydroxylation is 1. The third-order valence-corrected chi connectivity index (χ3v) is 1.79. The van der Waals surface area contributed by atoms with Crippen LogP contribution in [0.3, 0.4) is 0 Å². The topological polar surface area (TPSA) is 114 Å². The molecule has 0 aromatic carbocycles. The van der Waals surface area contributed by atoms with Gasteiger partial charge in [0.05, 0.1) is 13.3 Å². The van der Waals surface area contributed by atoms with Gasteiger partial charge in [-0.15, -0.1) is 0 Å². The van der Waals surface area contributed by atoms with E-state index in [-0.39, 0.29) is 11.4 Å². The molecule has 0 fully saturated rings. The highest BCUT2D eigenvalue weighted by atomic mass is 32.2. The Bertz CT molecular complexity index is 477. The van der Waals surface area contributed by atoms with Gasteiger partial charge in [0.15, 0.2) is 5.75 Å². The predicted octanol–water partition coefficient (Wildman–Crippen LogP) is -1.21. The Morgan fingerprint density at radius 3 is 2.67 bits per heavy atom. The average Bonchev–Trinajstić information content (AvgIpc) is 2.42. The molecule has 0 aliphatic carbocycles. The lowest BCUT2D eigenvalue weighted by atomic mass is 10.4. The summed E-state index contributed by atoms with van der Waals surface area (Å²) in [6.45, 7) is 0. The summed E-state index contributed by atoms with van der Waals surface area (Å²) in [7, 11) is -1.56. The molecule has 8 nitrogen and oxygen atoms in total. The lowest BCUT2D eigenvalue weighted by Crippen LogP contribution is -2.20. The molecule has 1 heterocycles. The van der Waals surface area contributed by atoms with Crippen LogP contribution < -0.4 is 9.32 Å². The van der Waals surface area contributed by atoms with Crippen molar-refractivity contribution in [3.05, 3.63) is 11.9 Å². The fourth-order valence-electron chi connectivity index (χ4n) is 0.891. The van der Waals surface area contributed by atoms with Gasteiger partial charge in [0.1, 0.15) is 0 Å². The van der Waals surface area contributed by atoms with Crippen molar-refractivity contribution in [1.29, 1.82) is 0 Å². The summed E-state index contributed by atoms with van der Waals surface area (Å²) < 4.78 is 31.2. The molecule has 0 aliphatic heterocycles. The predicted molar refractivity (Wildman–Crippen MR) is 48.3 cm³/mol. The van der Waals surface area contributed by atoms with Crippen LogP contribution in [0.1, 0.15) is 10.5 Å². The number of aromatic nitrogens is 2. The maximum Gasteiger partial charge on any atom is 0.380 e. The minimum Gasteiger partial charge on any atom is -0.464 e. The highest BCUT2D eigenvalue weighted by Crippen LogP contribution is 2.18. The van der Waals surface area contributed by atoms with E-state index in [9.17, 15) is 13.2 Å². The number of hydrogen-bond donors (Lipinski definition) is 1. The third kappa shape index (κ3) is 2.92. The first-order valence-electron chi connectivity index (χ1n) is 3.67. The summed E-state index contributed by atoms with van der Waals surface area (Å²) in [4.78, 5) is 11.1. The number of hydrogen-bond acceptors (Lipinski definition) is 6. The van der Waals surface area contributed by atoms with E-state index >= 15 is 0 Å². The quantitative estimate of drug-likeness (QED) is 0.657. The molecule has 1 aromatic heterocycles. The summed E-state index contributed by atoms with van der Waals surface area (Å²) >= 11 is 0. The molecule has 0 radical (unpaired) electrons. The van der Waals surface area contributed by atoms with Gasteiger partial charge in [0.25, 0.3) is 0 Å². The standard InChI is InChI=1S/C6H9N3O5S/c1-9-3-4(14-15(7,11)12)5(8-9)6(10)13-2/h3H,1-2H3,(H2,7,11,12). The number of esters is 1. The summed E-state index contributed by atoms with van der Waals surface area (Å²) in [5.41, 5.74) is -0.256. The lowest BCUT2D eigenvalue weighted by Gasteiger charge is -2.00. The molecule has 0 atom stereocenters. The highest BCUT2D eigenvalue weighted by molar-refractivity contribution is 7.84. The zero-order valence-electron chi connectivity index (χ0n) is 8.00. The molecule has 84 valence electrons. The van der Waals surface area contributed by atoms with E-state index in [1.165, 1.54) is 17.9 Å². The Kier molecular flexibility index (Phi) is 2.95. The zero-order chi connectivity index (χ0) is 11.6. The second-order valence-corrected chi connectivity index (χ2v) is 3.74. The van der Waals surface area contributed by atoms with Crippen LogP contribution in [0.2, 0.25) is 0 Å². The third-order valence-electron chi connectivity index (χ3n) is 1.38. The van der Waals surface area contributed by atoms with Gasteiger partial charge in [-0.25, -0.2) is 4.79 Å². The molecule has 0 amide bonds. The molecule has 0 bridgehead atoms. The number of nitrogens with two attached hydrogens (primary N) is 1. The van der Waals surface area contributed by atoms with Gasteiger partial charge in [0, 0.05) is 7.05 Å². The molecule has 0 saturated heterocycles. The molecule has 2 N–H and O–H groups in total. The number of carbonyl (C=O) groups is 1. The molecular formula is C6H9N3O5S. The van der Waals surface area contributed by atoms with E-state index in [1.54, 1.807) is 0 Å². The van der Waals surface area contributed by atoms with Gasteiger partial charge in [0.2, 0.25) is 5.69 Å². The Labute approximate surface area is 85.8 Å². The zero-order valence-corrected chi connectivity index (χ0v) is 8.82. The van der Waals surface area contributed by atoms with E-state index in [1.807, 2.05) is 0 Å². The lowest BCUT2D eigenvalue weighted by molar-refractivity contribution is 0.0591. The van der Waals surface area contributed by atoms with Crippen LogP contribution in [-0.4, -0.2) is 31.3 Å². The SMILES string of the molecule is COC(=O)c1nn(C)cc1OS(N)(=O)=O. The van der Waals surface area contributed by atoms with Crippen molar-refractivity contribution in [3.8, 4) is 5.75 Å². The van der Waals surface area contributed by atoms with Gasteiger partial charge in [-0.1, -0.05) is 0 Å². The minimum atomic E-state index is -4.19. The first-order valence-corrected chi connectivity index (χ1v) is 5.15. The summed E-state index contributed by atoms with van der Waals surface area (Å²) in [5, 5.41) is 8.31. The highest BCUT2D eigenvalue weighted by Gasteiger charge is 2.21. The van der Waals surface area contributed by atoms with Gasteiger partial charge in [-0.05, 0) is 0 Å². The van der Waals surface area contributed by atoms with Crippen LogP contribution >= 0.6 is 0 Å². The van der Waals surface area contributed by atoms with E-state index < -0.39 is 16.3 Å². The molecule has 0 aliphatic rings. The van der Waals surface area contributed by atoms with Crippen molar-refractivity contribution in [2.24, 2.45) is 12.2 Å². The van der Waals surface area contributed by atoms with E-state index in [4.69, 9.17) is 0 Å². The average molecular weight is 235 g/mol. The maximum atomic E-state index is 11.1. The van der Waals surface area contributed by atoms with Crippen LogP contribution in [0.5, 0.6) is 5.75 Å². The number of carbonyl (C=O) groups excluding carboxylic acids is 1. The van der Waals surface area contributed by atoms with Crippen molar-refractivity contribution >= 4 is 16.3 Å². The van der Waals surface area contributed by atoms with Gasteiger partial charge < -0.3 is 8.92 Å². The van der Waals surface area contributed by atoms with Crippen LogP contribution in [0.4, 0.5) is 0 Å². The number of nitrogens with zero attached hydrogens (tertiary/aromatic N) is 2. The largest absolute Gasteiger partial charge is 0.464 e. The summed E-state index contributed by atoms with van der Waals surface area (Å²) in [6.07, 6.45) is 1.19. The van der Waals surface area contributed by atoms with Crippen molar-refractivity contribution in [3.63, 3.8) is 0 Å². The number of ether oxygens (including phenoxy) is 1. The van der Waals surface area contributed by atoms with Crippen molar-refractivity contribution in [2.75, 3.05) is 7.11 Å². The summed E-state index contributed by atoms with van der Waals surface area (Å²) in [5.74, 6) is -1.08. The smallest absolute Gasteiger partial charge is 0.380 e. The fourth-order valence-corrected chi connectivity index (χ4v) is 1.26. The van der Waals surface area contributed by atoms with Crippen LogP contribution in [0, 0.1) is 0 Å². The molecule has 1 aromatic rings. The molecule has 0 saturated carbocycles. The van der Waals surface area contributed by atoms with E-state index in [2.05, 4.69) is 19.2 Å². The second kappa shape index (κ2) is 3.87. The number of rotatable bonds is 3. The first-order chi connectivity index (χ1) is 6.83. The van der Waals surface area contributed by atoms with Crippen LogP contribution in [-0.2, 0) is 22.1 Å². The maximum absolute atomic E-state index is 11.1. The van der Waals surface area contributed by atoms with Crippen LogP contribution in [0.15, 0.2) is 6.20 Å². The van der Waals surface area contributed by atoms with Gasteiger partial charge in [-0.3, -0.25) is 4.68 Å². The van der Waals surface area contributed by atoms with E-state index in [0.717, 1.165) is 7.11 Å². The fraction of sp³-hybridized carbons (Fsp3) is 0.333. The Hall–Kier alpha value is -1.61. The minimum absolute atomic E-state index is 0.256. The molecule has 15 heavy (non-hydrogen) atoms. The molecule has 1 rings (SSSR count). The van der Waals surface area contributed by atoms with Crippen molar-refractivity contribution in [2.45, 2.75) is 0 Å². The molecular weight excluding hydrogens is 226 g/mol. The molecule has 0 spiro atoms.